The maximum absolute atomic E-state index is 14.1. The highest BCUT2D eigenvalue weighted by atomic mass is 35.5. The Kier molecular flexibility index (Phi) is 2.55. The Morgan fingerprint density at radius 3 is 2.90 bits per heavy atom. The molecule has 100 valence electrons. The van der Waals surface area contributed by atoms with Crippen LogP contribution in [0.15, 0.2) is 42.5 Å². The van der Waals surface area contributed by atoms with E-state index in [1.54, 1.807) is 12.1 Å². The lowest BCUT2D eigenvalue weighted by Gasteiger charge is -2.16. The van der Waals surface area contributed by atoms with E-state index in [4.69, 9.17) is 16.3 Å². The molecule has 0 radical (unpaired) electrons. The first-order valence-corrected chi connectivity index (χ1v) is 6.65. The van der Waals surface area contributed by atoms with Crippen LogP contribution >= 0.6 is 11.6 Å². The van der Waals surface area contributed by atoms with Crippen LogP contribution < -0.4 is 0 Å². The summed E-state index contributed by atoms with van der Waals surface area (Å²) < 4.78 is 21.7. The first-order chi connectivity index (χ1) is 9.75. The fourth-order valence-corrected chi connectivity index (χ4v) is 2.90. The molecule has 0 amide bonds. The number of rotatable bonds is 1. The van der Waals surface area contributed by atoms with Crippen LogP contribution in [0.2, 0.25) is 5.02 Å². The highest BCUT2D eigenvalue weighted by Gasteiger charge is 2.31. The van der Waals surface area contributed by atoms with Crippen LogP contribution in [0.5, 0.6) is 0 Å². The third kappa shape index (κ3) is 1.58. The molecule has 4 rings (SSSR count). The van der Waals surface area contributed by atoms with Crippen LogP contribution in [-0.4, -0.2) is 9.55 Å². The first-order valence-electron chi connectivity index (χ1n) is 6.27. The van der Waals surface area contributed by atoms with Crippen LogP contribution in [0.1, 0.15) is 17.6 Å². The van der Waals surface area contributed by atoms with E-state index in [0.29, 0.717) is 17.2 Å². The zero-order chi connectivity index (χ0) is 13.7. The topological polar surface area (TPSA) is 27.1 Å². The third-order valence-electron chi connectivity index (χ3n) is 3.52. The second-order valence-corrected chi connectivity index (χ2v) is 5.09. The third-order valence-corrected chi connectivity index (χ3v) is 3.85. The molecule has 1 atom stereocenters. The molecule has 1 aliphatic rings. The Morgan fingerprint density at radius 2 is 2.05 bits per heavy atom. The number of ether oxygens (including phenoxy) is 1. The molecule has 0 bridgehead atoms. The second-order valence-electron chi connectivity index (χ2n) is 4.69. The van der Waals surface area contributed by atoms with Crippen LogP contribution in [0.3, 0.4) is 0 Å². The minimum Gasteiger partial charge on any atom is -0.346 e. The van der Waals surface area contributed by atoms with E-state index in [-0.39, 0.29) is 5.82 Å². The van der Waals surface area contributed by atoms with Gasteiger partial charge in [-0.3, -0.25) is 4.57 Å². The summed E-state index contributed by atoms with van der Waals surface area (Å²) in [5, 5.41) is 0.362. The molecule has 1 aliphatic heterocycles. The molecule has 3 aromatic rings. The van der Waals surface area contributed by atoms with Gasteiger partial charge in [0, 0.05) is 0 Å². The predicted molar refractivity (Wildman–Crippen MR) is 74.1 cm³/mol. The standard InChI is InChI=1S/C15H10ClFN2O/c16-9-4-3-5-10(17)14(9)15-19-12-7-2-1-6-11(12)18-13(19)8-20-15/h1-7,15H,8H2. The van der Waals surface area contributed by atoms with Gasteiger partial charge in [-0.15, -0.1) is 0 Å². The Bertz CT molecular complexity index is 794. The van der Waals surface area contributed by atoms with Gasteiger partial charge in [-0.25, -0.2) is 9.37 Å². The van der Waals surface area contributed by atoms with Crippen molar-refractivity contribution >= 4 is 22.6 Å². The molecular weight excluding hydrogens is 279 g/mol. The van der Waals surface area contributed by atoms with Crippen molar-refractivity contribution in [3.63, 3.8) is 0 Å². The molecule has 0 saturated carbocycles. The van der Waals surface area contributed by atoms with Crippen molar-refractivity contribution in [1.82, 2.24) is 9.55 Å². The fraction of sp³-hybridized carbons (Fsp3) is 0.133. The Morgan fingerprint density at radius 1 is 1.20 bits per heavy atom. The van der Waals surface area contributed by atoms with Gasteiger partial charge in [0.25, 0.3) is 0 Å². The minimum atomic E-state index is -0.564. The summed E-state index contributed by atoms with van der Waals surface area (Å²) in [6, 6.07) is 12.4. The summed E-state index contributed by atoms with van der Waals surface area (Å²) in [4.78, 5) is 4.50. The molecule has 0 saturated heterocycles. The lowest BCUT2D eigenvalue weighted by Crippen LogP contribution is -2.10. The van der Waals surface area contributed by atoms with E-state index in [0.717, 1.165) is 16.9 Å². The normalized spacial score (nSPS) is 17.6. The summed E-state index contributed by atoms with van der Waals surface area (Å²) in [6.07, 6.45) is -0.564. The van der Waals surface area contributed by atoms with Gasteiger partial charge in [-0.1, -0.05) is 29.8 Å². The average molecular weight is 289 g/mol. The van der Waals surface area contributed by atoms with Crippen molar-refractivity contribution in [2.24, 2.45) is 0 Å². The number of halogens is 2. The molecule has 0 spiro atoms. The number of para-hydroxylation sites is 2. The van der Waals surface area contributed by atoms with Gasteiger partial charge in [0.15, 0.2) is 6.23 Å². The van der Waals surface area contributed by atoms with E-state index in [2.05, 4.69) is 4.98 Å². The smallest absolute Gasteiger partial charge is 0.166 e. The highest BCUT2D eigenvalue weighted by molar-refractivity contribution is 6.31. The maximum Gasteiger partial charge on any atom is 0.166 e. The molecule has 2 aromatic carbocycles. The number of benzene rings is 2. The summed E-state index contributed by atoms with van der Waals surface area (Å²) in [7, 11) is 0. The van der Waals surface area contributed by atoms with Crippen LogP contribution in [0.25, 0.3) is 11.0 Å². The van der Waals surface area contributed by atoms with Crippen molar-refractivity contribution in [2.45, 2.75) is 12.8 Å². The SMILES string of the molecule is Fc1cccc(Cl)c1C1OCc2nc3ccccc3n21. The Balaban J connectivity index is 1.97. The zero-order valence-corrected chi connectivity index (χ0v) is 11.1. The lowest BCUT2D eigenvalue weighted by molar-refractivity contribution is 0.0619. The largest absolute Gasteiger partial charge is 0.346 e. The summed E-state index contributed by atoms with van der Waals surface area (Å²) in [5.74, 6) is 0.420. The molecule has 1 aromatic heterocycles. The van der Waals surface area contributed by atoms with Crippen molar-refractivity contribution in [3.8, 4) is 0 Å². The first kappa shape index (κ1) is 11.9. The average Bonchev–Trinajstić information content (AvgIpc) is 2.98. The van der Waals surface area contributed by atoms with E-state index in [9.17, 15) is 4.39 Å². The fourth-order valence-electron chi connectivity index (χ4n) is 2.64. The molecule has 2 heterocycles. The molecule has 0 fully saturated rings. The van der Waals surface area contributed by atoms with Gasteiger partial charge in [0.05, 0.1) is 21.6 Å². The van der Waals surface area contributed by atoms with Gasteiger partial charge in [-0.05, 0) is 24.3 Å². The molecular formula is C15H10ClFN2O. The second kappa shape index (κ2) is 4.30. The van der Waals surface area contributed by atoms with Crippen LogP contribution in [-0.2, 0) is 11.3 Å². The van der Waals surface area contributed by atoms with Gasteiger partial charge in [0.2, 0.25) is 0 Å². The van der Waals surface area contributed by atoms with E-state index in [1.807, 2.05) is 28.8 Å². The maximum atomic E-state index is 14.1. The van der Waals surface area contributed by atoms with Crippen molar-refractivity contribution in [2.75, 3.05) is 0 Å². The van der Waals surface area contributed by atoms with E-state index >= 15 is 0 Å². The van der Waals surface area contributed by atoms with Gasteiger partial charge in [0.1, 0.15) is 18.2 Å². The number of hydrogen-bond acceptors (Lipinski definition) is 2. The monoisotopic (exact) mass is 288 g/mol. The minimum absolute atomic E-state index is 0.351. The lowest BCUT2D eigenvalue weighted by atomic mass is 10.1. The quantitative estimate of drug-likeness (QED) is 0.679. The number of aromatic nitrogens is 2. The molecule has 0 aliphatic carbocycles. The number of nitrogens with zero attached hydrogens (tertiary/aromatic N) is 2. The molecule has 5 heteroatoms. The van der Waals surface area contributed by atoms with Crippen LogP contribution in [0, 0.1) is 5.82 Å². The summed E-state index contributed by atoms with van der Waals surface area (Å²) in [6.45, 7) is 0.351. The number of imidazole rings is 1. The molecule has 20 heavy (non-hydrogen) atoms. The summed E-state index contributed by atoms with van der Waals surface area (Å²) in [5.41, 5.74) is 2.16. The van der Waals surface area contributed by atoms with Crippen molar-refractivity contribution in [1.29, 1.82) is 0 Å². The Hall–Kier alpha value is -1.91. The van der Waals surface area contributed by atoms with Crippen LogP contribution in [0.4, 0.5) is 4.39 Å². The zero-order valence-electron chi connectivity index (χ0n) is 10.4. The molecule has 0 N–H and O–H groups in total. The predicted octanol–water partition coefficient (Wildman–Crippen LogP) is 3.91. The Labute approximate surface area is 119 Å². The van der Waals surface area contributed by atoms with Crippen molar-refractivity contribution < 1.29 is 9.13 Å². The van der Waals surface area contributed by atoms with E-state index < -0.39 is 6.23 Å². The molecule has 3 nitrogen and oxygen atoms in total. The summed E-state index contributed by atoms with van der Waals surface area (Å²) >= 11 is 6.14. The number of fused-ring (bicyclic) bond motifs is 3. The van der Waals surface area contributed by atoms with E-state index in [1.165, 1.54) is 6.07 Å². The van der Waals surface area contributed by atoms with Gasteiger partial charge >= 0.3 is 0 Å². The van der Waals surface area contributed by atoms with Gasteiger partial charge in [-0.2, -0.15) is 0 Å². The number of hydrogen-bond donors (Lipinski definition) is 0. The molecule has 1 unspecified atom stereocenters. The van der Waals surface area contributed by atoms with Gasteiger partial charge < -0.3 is 4.74 Å². The highest BCUT2D eigenvalue weighted by Crippen LogP contribution is 2.37. The van der Waals surface area contributed by atoms with Crippen molar-refractivity contribution in [3.05, 3.63) is 64.7 Å².